The summed E-state index contributed by atoms with van der Waals surface area (Å²) in [6.45, 7) is 1.08. The van der Waals surface area contributed by atoms with Gasteiger partial charge in [-0.05, 0) is 31.8 Å². The Hall–Kier alpha value is -2.27. The SMILES string of the molecule is CN(Cc1ccccc1)C(=O)NCC(c1ccco1)N(C)C. The molecule has 0 fully saturated rings. The molecule has 1 heterocycles. The summed E-state index contributed by atoms with van der Waals surface area (Å²) in [5.74, 6) is 0.844. The zero-order valence-electron chi connectivity index (χ0n) is 13.3. The van der Waals surface area contributed by atoms with E-state index in [1.807, 2.05) is 61.5 Å². The van der Waals surface area contributed by atoms with Gasteiger partial charge in [0.05, 0.1) is 12.3 Å². The lowest BCUT2D eigenvalue weighted by Crippen LogP contribution is -2.41. The quantitative estimate of drug-likeness (QED) is 0.892. The highest BCUT2D eigenvalue weighted by Gasteiger charge is 2.18. The molecule has 5 nitrogen and oxygen atoms in total. The number of rotatable bonds is 6. The van der Waals surface area contributed by atoms with E-state index in [0.29, 0.717) is 13.1 Å². The third kappa shape index (κ3) is 4.36. The molecular formula is C17H23N3O2. The number of amides is 2. The molecule has 1 aromatic heterocycles. The lowest BCUT2D eigenvalue weighted by molar-refractivity contribution is 0.197. The summed E-state index contributed by atoms with van der Waals surface area (Å²) in [6, 6.07) is 13.6. The predicted octanol–water partition coefficient (Wildman–Crippen LogP) is 2.72. The minimum atomic E-state index is -0.0951. The average Bonchev–Trinajstić information content (AvgIpc) is 3.02. The molecule has 118 valence electrons. The summed E-state index contributed by atoms with van der Waals surface area (Å²) in [5.41, 5.74) is 1.11. The summed E-state index contributed by atoms with van der Waals surface area (Å²) in [7, 11) is 5.72. The van der Waals surface area contributed by atoms with Crippen molar-refractivity contribution >= 4 is 6.03 Å². The molecule has 0 radical (unpaired) electrons. The Labute approximate surface area is 131 Å². The molecule has 5 heteroatoms. The van der Waals surface area contributed by atoms with Gasteiger partial charge in [-0.3, -0.25) is 4.90 Å². The number of nitrogens with zero attached hydrogens (tertiary/aromatic N) is 2. The van der Waals surface area contributed by atoms with Gasteiger partial charge in [0.25, 0.3) is 0 Å². The molecule has 0 saturated heterocycles. The third-order valence-electron chi connectivity index (χ3n) is 3.55. The highest BCUT2D eigenvalue weighted by molar-refractivity contribution is 5.73. The molecule has 0 saturated carbocycles. The Morgan fingerprint density at radius 1 is 1.14 bits per heavy atom. The number of hydrogen-bond acceptors (Lipinski definition) is 3. The van der Waals surface area contributed by atoms with Gasteiger partial charge in [-0.15, -0.1) is 0 Å². The lowest BCUT2D eigenvalue weighted by atomic mass is 10.2. The largest absolute Gasteiger partial charge is 0.468 e. The Morgan fingerprint density at radius 2 is 1.86 bits per heavy atom. The van der Waals surface area contributed by atoms with Crippen LogP contribution in [0.2, 0.25) is 0 Å². The van der Waals surface area contributed by atoms with E-state index in [0.717, 1.165) is 11.3 Å². The van der Waals surface area contributed by atoms with Crippen LogP contribution in [0.3, 0.4) is 0 Å². The van der Waals surface area contributed by atoms with Gasteiger partial charge in [0, 0.05) is 20.1 Å². The van der Waals surface area contributed by atoms with E-state index in [-0.39, 0.29) is 12.1 Å². The van der Waals surface area contributed by atoms with E-state index in [2.05, 4.69) is 5.32 Å². The van der Waals surface area contributed by atoms with Gasteiger partial charge in [-0.25, -0.2) is 4.79 Å². The number of likely N-dealkylation sites (N-methyl/N-ethyl adjacent to an activating group) is 1. The van der Waals surface area contributed by atoms with Crippen LogP contribution >= 0.6 is 0 Å². The molecule has 0 bridgehead atoms. The topological polar surface area (TPSA) is 48.7 Å². The van der Waals surface area contributed by atoms with Crippen LogP contribution in [-0.4, -0.2) is 43.5 Å². The van der Waals surface area contributed by atoms with E-state index in [1.54, 1.807) is 18.2 Å². The maximum absolute atomic E-state index is 12.2. The van der Waals surface area contributed by atoms with Crippen LogP contribution < -0.4 is 5.32 Å². The highest BCUT2D eigenvalue weighted by atomic mass is 16.3. The van der Waals surface area contributed by atoms with E-state index >= 15 is 0 Å². The van der Waals surface area contributed by atoms with Crippen molar-refractivity contribution in [3.8, 4) is 0 Å². The van der Waals surface area contributed by atoms with Crippen LogP contribution in [0, 0.1) is 0 Å². The maximum Gasteiger partial charge on any atom is 0.317 e. The van der Waals surface area contributed by atoms with Crippen molar-refractivity contribution in [2.75, 3.05) is 27.7 Å². The molecule has 0 spiro atoms. The first-order valence-corrected chi connectivity index (χ1v) is 7.30. The predicted molar refractivity (Wildman–Crippen MR) is 86.4 cm³/mol. The summed E-state index contributed by atoms with van der Waals surface area (Å²) in [5, 5.41) is 2.96. The highest BCUT2D eigenvalue weighted by Crippen LogP contribution is 2.17. The molecule has 0 aliphatic rings. The van der Waals surface area contributed by atoms with E-state index in [4.69, 9.17) is 4.42 Å². The second-order valence-electron chi connectivity index (χ2n) is 5.52. The van der Waals surface area contributed by atoms with E-state index < -0.39 is 0 Å². The number of furan rings is 1. The van der Waals surface area contributed by atoms with Gasteiger partial charge >= 0.3 is 6.03 Å². The summed E-state index contributed by atoms with van der Waals surface area (Å²) < 4.78 is 5.44. The van der Waals surface area contributed by atoms with Gasteiger partial charge in [-0.1, -0.05) is 30.3 Å². The van der Waals surface area contributed by atoms with Gasteiger partial charge < -0.3 is 14.6 Å². The fourth-order valence-electron chi connectivity index (χ4n) is 2.27. The molecular weight excluding hydrogens is 278 g/mol. The number of nitrogens with one attached hydrogen (secondary N) is 1. The van der Waals surface area contributed by atoms with Crippen molar-refractivity contribution in [1.29, 1.82) is 0 Å². The molecule has 0 aliphatic heterocycles. The van der Waals surface area contributed by atoms with Gasteiger partial charge in [0.15, 0.2) is 0 Å². The number of carbonyl (C=O) groups is 1. The second-order valence-corrected chi connectivity index (χ2v) is 5.52. The first-order valence-electron chi connectivity index (χ1n) is 7.30. The van der Waals surface area contributed by atoms with Crippen LogP contribution in [0.1, 0.15) is 17.4 Å². The average molecular weight is 301 g/mol. The summed E-state index contributed by atoms with van der Waals surface area (Å²) in [6.07, 6.45) is 1.65. The number of urea groups is 1. The van der Waals surface area contributed by atoms with Crippen molar-refractivity contribution in [1.82, 2.24) is 15.1 Å². The standard InChI is InChI=1S/C17H23N3O2/c1-19(2)15(16-10-7-11-22-16)12-18-17(21)20(3)13-14-8-5-4-6-9-14/h4-11,15H,12-13H2,1-3H3,(H,18,21). The van der Waals surface area contributed by atoms with Crippen molar-refractivity contribution in [3.63, 3.8) is 0 Å². The second kappa shape index (κ2) is 7.66. The van der Waals surface area contributed by atoms with Crippen LogP contribution in [-0.2, 0) is 6.54 Å². The molecule has 0 aliphatic carbocycles. The molecule has 2 aromatic rings. The Kier molecular flexibility index (Phi) is 5.61. The van der Waals surface area contributed by atoms with Crippen LogP contribution in [0.4, 0.5) is 4.79 Å². The molecule has 2 amide bonds. The van der Waals surface area contributed by atoms with Crippen molar-refractivity contribution in [3.05, 3.63) is 60.1 Å². The molecule has 2 rings (SSSR count). The number of carbonyl (C=O) groups excluding carboxylic acids is 1. The number of hydrogen-bond donors (Lipinski definition) is 1. The Morgan fingerprint density at radius 3 is 2.45 bits per heavy atom. The molecule has 22 heavy (non-hydrogen) atoms. The minimum absolute atomic E-state index is 0.0177. The molecule has 1 unspecified atom stereocenters. The zero-order valence-corrected chi connectivity index (χ0v) is 13.3. The smallest absolute Gasteiger partial charge is 0.317 e. The first kappa shape index (κ1) is 16.1. The van der Waals surface area contributed by atoms with Gasteiger partial charge in [-0.2, -0.15) is 0 Å². The van der Waals surface area contributed by atoms with E-state index in [9.17, 15) is 4.79 Å². The Balaban J connectivity index is 1.88. The normalized spacial score (nSPS) is 12.2. The Bertz CT molecular complexity index is 567. The molecule has 1 atom stereocenters. The van der Waals surface area contributed by atoms with Crippen molar-refractivity contribution in [2.45, 2.75) is 12.6 Å². The van der Waals surface area contributed by atoms with Gasteiger partial charge in [0.1, 0.15) is 5.76 Å². The summed E-state index contributed by atoms with van der Waals surface area (Å²) in [4.78, 5) is 15.9. The summed E-state index contributed by atoms with van der Waals surface area (Å²) >= 11 is 0. The third-order valence-corrected chi connectivity index (χ3v) is 3.55. The first-order chi connectivity index (χ1) is 10.6. The maximum atomic E-state index is 12.2. The van der Waals surface area contributed by atoms with Crippen LogP contribution in [0.25, 0.3) is 0 Å². The zero-order chi connectivity index (χ0) is 15.9. The minimum Gasteiger partial charge on any atom is -0.468 e. The monoisotopic (exact) mass is 301 g/mol. The van der Waals surface area contributed by atoms with Crippen LogP contribution in [0.15, 0.2) is 53.1 Å². The van der Waals surface area contributed by atoms with Crippen molar-refractivity contribution in [2.24, 2.45) is 0 Å². The molecule has 1 N–H and O–H groups in total. The lowest BCUT2D eigenvalue weighted by Gasteiger charge is -2.24. The fourth-order valence-corrected chi connectivity index (χ4v) is 2.27. The van der Waals surface area contributed by atoms with E-state index in [1.165, 1.54) is 0 Å². The molecule has 1 aromatic carbocycles. The van der Waals surface area contributed by atoms with Crippen molar-refractivity contribution < 1.29 is 9.21 Å². The number of benzene rings is 1. The van der Waals surface area contributed by atoms with Crippen LogP contribution in [0.5, 0.6) is 0 Å². The van der Waals surface area contributed by atoms with Gasteiger partial charge in [0.2, 0.25) is 0 Å². The fraction of sp³-hybridized carbons (Fsp3) is 0.353.